The minimum Gasteiger partial charge on any atom is -0.378 e. The number of carbonyl (C=O) groups excluding carboxylic acids is 2. The van der Waals surface area contributed by atoms with Gasteiger partial charge in [-0.1, -0.05) is 12.1 Å². The number of rotatable bonds is 4. The number of para-hydroxylation sites is 1. The highest BCUT2D eigenvalue weighted by Gasteiger charge is 2.26. The molecule has 3 rings (SSSR count). The average molecular weight is 317 g/mol. The zero-order chi connectivity index (χ0) is 16.2. The van der Waals surface area contributed by atoms with Crippen LogP contribution in [0.1, 0.15) is 23.2 Å². The maximum Gasteiger partial charge on any atom is 0.321 e. The summed E-state index contributed by atoms with van der Waals surface area (Å²) in [5, 5.41) is 2.87. The molecular formula is C17H23N3O3. The lowest BCUT2D eigenvalue weighted by Gasteiger charge is -2.28. The van der Waals surface area contributed by atoms with Gasteiger partial charge < -0.3 is 19.9 Å². The second-order valence-corrected chi connectivity index (χ2v) is 6.20. The molecule has 1 aromatic rings. The van der Waals surface area contributed by atoms with Gasteiger partial charge in [0.05, 0.1) is 24.5 Å². The van der Waals surface area contributed by atoms with Crippen LogP contribution in [0.3, 0.4) is 0 Å². The molecule has 1 saturated carbocycles. The topological polar surface area (TPSA) is 61.9 Å². The first-order valence-corrected chi connectivity index (χ1v) is 8.13. The van der Waals surface area contributed by atoms with Gasteiger partial charge in [0.15, 0.2) is 0 Å². The zero-order valence-electron chi connectivity index (χ0n) is 13.5. The Balaban J connectivity index is 1.69. The number of amides is 3. The van der Waals surface area contributed by atoms with Crippen molar-refractivity contribution < 1.29 is 14.3 Å². The first-order chi connectivity index (χ1) is 11.1. The molecule has 0 spiro atoms. The van der Waals surface area contributed by atoms with E-state index < -0.39 is 0 Å². The zero-order valence-corrected chi connectivity index (χ0v) is 13.5. The van der Waals surface area contributed by atoms with Crippen LogP contribution in [-0.4, -0.2) is 61.6 Å². The van der Waals surface area contributed by atoms with Gasteiger partial charge in [-0.2, -0.15) is 0 Å². The number of urea groups is 1. The molecule has 23 heavy (non-hydrogen) atoms. The van der Waals surface area contributed by atoms with Gasteiger partial charge in [-0.3, -0.25) is 4.79 Å². The third kappa shape index (κ3) is 4.01. The van der Waals surface area contributed by atoms with Gasteiger partial charge in [0.2, 0.25) is 0 Å². The molecule has 1 saturated heterocycles. The number of ether oxygens (including phenoxy) is 1. The minimum absolute atomic E-state index is 0.0611. The van der Waals surface area contributed by atoms with E-state index in [2.05, 4.69) is 5.32 Å². The summed E-state index contributed by atoms with van der Waals surface area (Å²) >= 11 is 0. The molecule has 2 aliphatic rings. The van der Waals surface area contributed by atoms with E-state index in [-0.39, 0.29) is 11.9 Å². The van der Waals surface area contributed by atoms with E-state index in [1.165, 1.54) is 12.8 Å². The summed E-state index contributed by atoms with van der Waals surface area (Å²) in [5.74, 6) is 0.574. The molecule has 124 valence electrons. The maximum absolute atomic E-state index is 12.7. The lowest BCUT2D eigenvalue weighted by atomic mass is 10.1. The van der Waals surface area contributed by atoms with Crippen LogP contribution in [0.25, 0.3) is 0 Å². The van der Waals surface area contributed by atoms with Crippen LogP contribution < -0.4 is 5.32 Å². The monoisotopic (exact) mass is 317 g/mol. The third-order valence-corrected chi connectivity index (χ3v) is 4.27. The molecule has 0 radical (unpaired) electrons. The molecule has 6 nitrogen and oxygen atoms in total. The Kier molecular flexibility index (Phi) is 4.81. The van der Waals surface area contributed by atoms with Gasteiger partial charge in [-0.25, -0.2) is 4.79 Å². The number of hydrogen-bond acceptors (Lipinski definition) is 3. The molecule has 0 atom stereocenters. The molecule has 6 heteroatoms. The van der Waals surface area contributed by atoms with Crippen molar-refractivity contribution in [3.63, 3.8) is 0 Å². The van der Waals surface area contributed by atoms with Gasteiger partial charge in [-0.15, -0.1) is 0 Å². The molecule has 1 aromatic carbocycles. The van der Waals surface area contributed by atoms with Crippen molar-refractivity contribution in [3.05, 3.63) is 29.8 Å². The first-order valence-electron chi connectivity index (χ1n) is 8.13. The Morgan fingerprint density at radius 3 is 2.65 bits per heavy atom. The highest BCUT2D eigenvalue weighted by Crippen LogP contribution is 2.29. The lowest BCUT2D eigenvalue weighted by Crippen LogP contribution is -2.41. The summed E-state index contributed by atoms with van der Waals surface area (Å²) in [4.78, 5) is 28.4. The molecule has 2 fully saturated rings. The van der Waals surface area contributed by atoms with Crippen molar-refractivity contribution in [1.82, 2.24) is 9.80 Å². The average Bonchev–Trinajstić information content (AvgIpc) is 3.39. The summed E-state index contributed by atoms with van der Waals surface area (Å²) in [6.07, 6.45) is 2.40. The van der Waals surface area contributed by atoms with E-state index in [1.54, 1.807) is 29.0 Å². The molecule has 1 aliphatic heterocycles. The van der Waals surface area contributed by atoms with Gasteiger partial charge in [0, 0.05) is 26.7 Å². The van der Waals surface area contributed by atoms with Crippen molar-refractivity contribution >= 4 is 17.6 Å². The van der Waals surface area contributed by atoms with Gasteiger partial charge in [0.1, 0.15) is 0 Å². The third-order valence-electron chi connectivity index (χ3n) is 4.27. The Labute approximate surface area is 136 Å². The highest BCUT2D eigenvalue weighted by molar-refractivity contribution is 6.03. The summed E-state index contributed by atoms with van der Waals surface area (Å²) in [7, 11) is 1.79. The van der Waals surface area contributed by atoms with Crippen molar-refractivity contribution in [2.45, 2.75) is 12.8 Å². The van der Waals surface area contributed by atoms with Crippen molar-refractivity contribution in [2.75, 3.05) is 45.2 Å². The SMILES string of the molecule is CN(CC1CC1)C(=O)Nc1ccccc1C(=O)N1CCOCC1. The number of hydrogen-bond donors (Lipinski definition) is 1. The van der Waals surface area contributed by atoms with Gasteiger partial charge in [0.25, 0.3) is 5.91 Å². The Hall–Kier alpha value is -2.08. The fourth-order valence-corrected chi connectivity index (χ4v) is 2.70. The molecule has 0 bridgehead atoms. The second kappa shape index (κ2) is 7.00. The fourth-order valence-electron chi connectivity index (χ4n) is 2.70. The smallest absolute Gasteiger partial charge is 0.321 e. The summed E-state index contributed by atoms with van der Waals surface area (Å²) in [5.41, 5.74) is 1.10. The molecule has 3 amide bonds. The van der Waals surface area contributed by atoms with Crippen LogP contribution in [0.15, 0.2) is 24.3 Å². The highest BCUT2D eigenvalue weighted by atomic mass is 16.5. The van der Waals surface area contributed by atoms with Crippen LogP contribution in [0.2, 0.25) is 0 Å². The summed E-state index contributed by atoms with van der Waals surface area (Å²) in [6.45, 7) is 3.06. The van der Waals surface area contributed by atoms with Crippen LogP contribution >= 0.6 is 0 Å². The molecular weight excluding hydrogens is 294 g/mol. The molecule has 0 unspecified atom stereocenters. The quantitative estimate of drug-likeness (QED) is 0.924. The Bertz CT molecular complexity index is 580. The number of morpholine rings is 1. The van der Waals surface area contributed by atoms with E-state index in [0.29, 0.717) is 43.5 Å². The lowest BCUT2D eigenvalue weighted by molar-refractivity contribution is 0.0303. The number of nitrogens with one attached hydrogen (secondary N) is 1. The Morgan fingerprint density at radius 1 is 1.26 bits per heavy atom. The standard InChI is InChI=1S/C17H23N3O3/c1-19(12-13-6-7-13)17(22)18-15-5-3-2-4-14(15)16(21)20-8-10-23-11-9-20/h2-5,13H,6-12H2,1H3,(H,18,22). The largest absolute Gasteiger partial charge is 0.378 e. The van der Waals surface area contributed by atoms with E-state index >= 15 is 0 Å². The molecule has 1 N–H and O–H groups in total. The Morgan fingerprint density at radius 2 is 1.96 bits per heavy atom. The number of carbonyl (C=O) groups is 2. The molecule has 1 heterocycles. The maximum atomic E-state index is 12.7. The van der Waals surface area contributed by atoms with Crippen molar-refractivity contribution in [1.29, 1.82) is 0 Å². The fraction of sp³-hybridized carbons (Fsp3) is 0.529. The van der Waals surface area contributed by atoms with Crippen LogP contribution in [0.4, 0.5) is 10.5 Å². The van der Waals surface area contributed by atoms with E-state index in [9.17, 15) is 9.59 Å². The van der Waals surface area contributed by atoms with Crippen LogP contribution in [-0.2, 0) is 4.74 Å². The predicted molar refractivity (Wildman–Crippen MR) is 87.5 cm³/mol. The van der Waals surface area contributed by atoms with Crippen LogP contribution in [0, 0.1) is 5.92 Å². The minimum atomic E-state index is -0.167. The first kappa shape index (κ1) is 15.8. The van der Waals surface area contributed by atoms with Crippen LogP contribution in [0.5, 0.6) is 0 Å². The van der Waals surface area contributed by atoms with Gasteiger partial charge >= 0.3 is 6.03 Å². The van der Waals surface area contributed by atoms with Gasteiger partial charge in [-0.05, 0) is 30.9 Å². The van der Waals surface area contributed by atoms with E-state index in [4.69, 9.17) is 4.74 Å². The summed E-state index contributed by atoms with van der Waals surface area (Å²) < 4.78 is 5.28. The number of anilines is 1. The predicted octanol–water partition coefficient (Wildman–Crippen LogP) is 2.03. The second-order valence-electron chi connectivity index (χ2n) is 6.20. The molecule has 1 aliphatic carbocycles. The van der Waals surface area contributed by atoms with E-state index in [1.807, 2.05) is 12.1 Å². The molecule has 0 aromatic heterocycles. The van der Waals surface area contributed by atoms with Crippen molar-refractivity contribution in [2.24, 2.45) is 5.92 Å². The summed E-state index contributed by atoms with van der Waals surface area (Å²) in [6, 6.07) is 7.01. The van der Waals surface area contributed by atoms with Crippen molar-refractivity contribution in [3.8, 4) is 0 Å². The number of benzene rings is 1. The van der Waals surface area contributed by atoms with E-state index in [0.717, 1.165) is 6.54 Å². The number of nitrogens with zero attached hydrogens (tertiary/aromatic N) is 2. The normalized spacial score (nSPS) is 17.7.